The van der Waals surface area contributed by atoms with Gasteiger partial charge in [-0.05, 0) is 35.7 Å². The quantitative estimate of drug-likeness (QED) is 0.924. The molecule has 2 N–H and O–H groups in total. The van der Waals surface area contributed by atoms with Gasteiger partial charge in [0, 0.05) is 24.7 Å². The van der Waals surface area contributed by atoms with E-state index in [-0.39, 0.29) is 24.4 Å². The van der Waals surface area contributed by atoms with Crippen molar-refractivity contribution in [3.63, 3.8) is 0 Å². The second kappa shape index (κ2) is 6.25. The Morgan fingerprint density at radius 3 is 2.70 bits per heavy atom. The van der Waals surface area contributed by atoms with Gasteiger partial charge in [0.15, 0.2) is 0 Å². The van der Waals surface area contributed by atoms with Gasteiger partial charge in [-0.1, -0.05) is 30.3 Å². The van der Waals surface area contributed by atoms with Crippen LogP contribution in [0.4, 0.5) is 0 Å². The minimum atomic E-state index is 0. The molecule has 0 radical (unpaired) electrons. The summed E-state index contributed by atoms with van der Waals surface area (Å²) in [6.45, 7) is 1.38. The Hall–Kier alpha value is -1.58. The molecule has 1 aliphatic rings. The van der Waals surface area contributed by atoms with Crippen molar-refractivity contribution < 1.29 is 4.79 Å². The molecule has 1 aliphatic heterocycles. The van der Waals surface area contributed by atoms with Crippen molar-refractivity contribution in [2.75, 3.05) is 13.1 Å². The number of carbonyl (C=O) groups is 1. The Morgan fingerprint density at radius 2 is 1.95 bits per heavy atom. The average Bonchev–Trinajstić information content (AvgIpc) is 2.94. The minimum Gasteiger partial charge on any atom is -0.334 e. The van der Waals surface area contributed by atoms with Crippen molar-refractivity contribution in [2.45, 2.75) is 18.9 Å². The third-order valence-corrected chi connectivity index (χ3v) is 3.91. The van der Waals surface area contributed by atoms with Crippen LogP contribution in [0.3, 0.4) is 0 Å². The highest BCUT2D eigenvalue weighted by Crippen LogP contribution is 2.22. The lowest BCUT2D eigenvalue weighted by Gasteiger charge is -2.23. The second-order valence-electron chi connectivity index (χ2n) is 5.09. The number of carbonyl (C=O) groups excluding carboxylic acids is 1. The van der Waals surface area contributed by atoms with E-state index in [0.717, 1.165) is 35.7 Å². The number of hydrogen-bond donors (Lipinski definition) is 1. The van der Waals surface area contributed by atoms with Gasteiger partial charge in [0.05, 0.1) is 0 Å². The molecule has 4 heteroatoms. The topological polar surface area (TPSA) is 46.3 Å². The molecule has 0 aromatic heterocycles. The predicted octanol–water partition coefficient (Wildman–Crippen LogP) is 2.82. The fraction of sp³-hybridized carbons (Fsp3) is 0.312. The molecule has 2 aromatic carbocycles. The van der Waals surface area contributed by atoms with E-state index in [0.29, 0.717) is 6.54 Å². The second-order valence-corrected chi connectivity index (χ2v) is 5.09. The van der Waals surface area contributed by atoms with E-state index in [1.54, 1.807) is 0 Å². The van der Waals surface area contributed by atoms with Crippen LogP contribution >= 0.6 is 12.4 Å². The first-order chi connectivity index (χ1) is 9.29. The maximum absolute atomic E-state index is 12.5. The van der Waals surface area contributed by atoms with E-state index in [2.05, 4.69) is 6.07 Å². The lowest BCUT2D eigenvalue weighted by Crippen LogP contribution is -2.39. The minimum absolute atomic E-state index is 0. The molecule has 1 unspecified atom stereocenters. The van der Waals surface area contributed by atoms with Gasteiger partial charge in [0.25, 0.3) is 5.91 Å². The van der Waals surface area contributed by atoms with E-state index in [1.165, 1.54) is 0 Å². The molecule has 20 heavy (non-hydrogen) atoms. The van der Waals surface area contributed by atoms with E-state index in [4.69, 9.17) is 5.73 Å². The number of nitrogens with zero attached hydrogens (tertiary/aromatic N) is 1. The van der Waals surface area contributed by atoms with Gasteiger partial charge in [-0.15, -0.1) is 12.4 Å². The molecule has 0 spiro atoms. The molecule has 1 fully saturated rings. The summed E-state index contributed by atoms with van der Waals surface area (Å²) < 4.78 is 0. The summed E-state index contributed by atoms with van der Waals surface area (Å²) in [6.07, 6.45) is 2.08. The summed E-state index contributed by atoms with van der Waals surface area (Å²) in [5, 5.41) is 2.27. The smallest absolute Gasteiger partial charge is 0.254 e. The Labute approximate surface area is 125 Å². The van der Waals surface area contributed by atoms with Crippen LogP contribution in [0.25, 0.3) is 10.8 Å². The van der Waals surface area contributed by atoms with Crippen LogP contribution in [-0.2, 0) is 0 Å². The van der Waals surface area contributed by atoms with Gasteiger partial charge < -0.3 is 10.6 Å². The molecule has 1 saturated heterocycles. The van der Waals surface area contributed by atoms with E-state index < -0.39 is 0 Å². The monoisotopic (exact) mass is 290 g/mol. The SMILES string of the molecule is Cl.NCC1CCCN1C(=O)c1ccc2ccccc2c1. The zero-order valence-corrected chi connectivity index (χ0v) is 12.1. The first kappa shape index (κ1) is 14.8. The van der Waals surface area contributed by atoms with Crippen molar-refractivity contribution in [2.24, 2.45) is 5.73 Å². The number of rotatable bonds is 2. The standard InChI is InChI=1S/C16H18N2O.ClH/c17-11-15-6-3-9-18(15)16(19)14-8-7-12-4-1-2-5-13(12)10-14;/h1-2,4-5,7-8,10,15H,3,6,9,11,17H2;1H. The highest BCUT2D eigenvalue weighted by molar-refractivity contribution is 5.98. The van der Waals surface area contributed by atoms with E-state index >= 15 is 0 Å². The van der Waals surface area contributed by atoms with Crippen LogP contribution in [0, 0.1) is 0 Å². The van der Waals surface area contributed by atoms with Gasteiger partial charge >= 0.3 is 0 Å². The largest absolute Gasteiger partial charge is 0.334 e. The van der Waals surface area contributed by atoms with Crippen LogP contribution in [0.15, 0.2) is 42.5 Å². The van der Waals surface area contributed by atoms with Crippen LogP contribution in [0.1, 0.15) is 23.2 Å². The molecule has 1 atom stereocenters. The lowest BCUT2D eigenvalue weighted by atomic mass is 10.1. The summed E-state index contributed by atoms with van der Waals surface area (Å²) in [4.78, 5) is 14.5. The number of amides is 1. The maximum Gasteiger partial charge on any atom is 0.254 e. The van der Waals surface area contributed by atoms with Gasteiger partial charge in [-0.3, -0.25) is 4.79 Å². The molecule has 0 saturated carbocycles. The van der Waals surface area contributed by atoms with Gasteiger partial charge in [-0.2, -0.15) is 0 Å². The predicted molar refractivity (Wildman–Crippen MR) is 84.3 cm³/mol. The highest BCUT2D eigenvalue weighted by Gasteiger charge is 2.28. The summed E-state index contributed by atoms with van der Waals surface area (Å²) >= 11 is 0. The average molecular weight is 291 g/mol. The van der Waals surface area contributed by atoms with Crippen LogP contribution in [0.2, 0.25) is 0 Å². The zero-order valence-electron chi connectivity index (χ0n) is 11.3. The third-order valence-electron chi connectivity index (χ3n) is 3.91. The normalized spacial score (nSPS) is 18.1. The van der Waals surface area contributed by atoms with Crippen LogP contribution in [0.5, 0.6) is 0 Å². The fourth-order valence-corrected chi connectivity index (χ4v) is 2.84. The fourth-order valence-electron chi connectivity index (χ4n) is 2.84. The Kier molecular flexibility index (Phi) is 4.63. The van der Waals surface area contributed by atoms with Crippen molar-refractivity contribution in [3.8, 4) is 0 Å². The molecular formula is C16H19ClN2O. The molecule has 0 bridgehead atoms. The molecule has 3 rings (SSSR count). The summed E-state index contributed by atoms with van der Waals surface area (Å²) in [5.74, 6) is 0.110. The van der Waals surface area contributed by atoms with E-state index in [9.17, 15) is 4.79 Å². The molecule has 2 aromatic rings. The number of nitrogens with two attached hydrogens (primary N) is 1. The molecule has 3 nitrogen and oxygen atoms in total. The number of likely N-dealkylation sites (tertiary alicyclic amines) is 1. The first-order valence-electron chi connectivity index (χ1n) is 6.79. The van der Waals surface area contributed by atoms with Gasteiger partial charge in [0.1, 0.15) is 0 Å². The number of halogens is 1. The number of fused-ring (bicyclic) bond motifs is 1. The third kappa shape index (κ3) is 2.65. The Bertz CT molecular complexity index is 614. The van der Waals surface area contributed by atoms with Gasteiger partial charge in [-0.25, -0.2) is 0 Å². The molecule has 106 valence electrons. The lowest BCUT2D eigenvalue weighted by molar-refractivity contribution is 0.0741. The number of hydrogen-bond acceptors (Lipinski definition) is 2. The van der Waals surface area contributed by atoms with Crippen molar-refractivity contribution >= 4 is 29.1 Å². The van der Waals surface area contributed by atoms with Crippen LogP contribution < -0.4 is 5.73 Å². The molecule has 1 amide bonds. The van der Waals surface area contributed by atoms with Gasteiger partial charge in [0.2, 0.25) is 0 Å². The van der Waals surface area contributed by atoms with E-state index in [1.807, 2.05) is 41.3 Å². The maximum atomic E-state index is 12.5. The van der Waals surface area contributed by atoms with Crippen LogP contribution in [-0.4, -0.2) is 29.9 Å². The molecular weight excluding hydrogens is 272 g/mol. The molecule has 0 aliphatic carbocycles. The summed E-state index contributed by atoms with van der Waals surface area (Å²) in [6, 6.07) is 14.2. The first-order valence-corrected chi connectivity index (χ1v) is 6.79. The van der Waals surface area contributed by atoms with Crippen molar-refractivity contribution in [1.82, 2.24) is 4.90 Å². The van der Waals surface area contributed by atoms with Crippen molar-refractivity contribution in [1.29, 1.82) is 0 Å². The summed E-state index contributed by atoms with van der Waals surface area (Å²) in [5.41, 5.74) is 6.50. The summed E-state index contributed by atoms with van der Waals surface area (Å²) in [7, 11) is 0. The Morgan fingerprint density at radius 1 is 1.20 bits per heavy atom. The van der Waals surface area contributed by atoms with Crippen molar-refractivity contribution in [3.05, 3.63) is 48.0 Å². The Balaban J connectivity index is 0.00000147. The highest BCUT2D eigenvalue weighted by atomic mass is 35.5. The molecule has 1 heterocycles. The zero-order chi connectivity index (χ0) is 13.2. The number of benzene rings is 2.